The summed E-state index contributed by atoms with van der Waals surface area (Å²) in [5, 5.41) is 9.53. The minimum Gasteiger partial charge on any atom is -0.462 e. The maximum atomic E-state index is 14.9. The molecule has 374 valence electrons. The molecule has 2 aromatic rings. The van der Waals surface area contributed by atoms with Gasteiger partial charge >= 0.3 is 13.6 Å². The van der Waals surface area contributed by atoms with E-state index in [2.05, 4.69) is 70.5 Å². The highest BCUT2D eigenvalue weighted by molar-refractivity contribution is 7.54. The maximum absolute atomic E-state index is 14.9. The number of allylic oxidation sites excluding steroid dienone is 2. The predicted octanol–water partition coefficient (Wildman–Crippen LogP) is 11.7. The molecule has 0 radical (unpaired) electrons. The fourth-order valence-electron chi connectivity index (χ4n) is 14.3. The van der Waals surface area contributed by atoms with Crippen molar-refractivity contribution in [2.24, 2.45) is 50.2 Å². The van der Waals surface area contributed by atoms with Gasteiger partial charge in [-0.1, -0.05) is 78.3 Å². The molecule has 2 aromatic carbocycles. The van der Waals surface area contributed by atoms with Crippen LogP contribution in [0.2, 0.25) is 0 Å². The number of halogens is 1. The maximum Gasteiger partial charge on any atom is 0.357 e. The van der Waals surface area contributed by atoms with Crippen molar-refractivity contribution >= 4 is 36.9 Å². The molecule has 4 saturated carbocycles. The van der Waals surface area contributed by atoms with E-state index in [9.17, 15) is 28.1 Å². The van der Waals surface area contributed by atoms with E-state index in [1.54, 1.807) is 38.1 Å². The third-order valence-corrected chi connectivity index (χ3v) is 20.6. The first-order valence-corrected chi connectivity index (χ1v) is 27.1. The van der Waals surface area contributed by atoms with Crippen LogP contribution in [0.1, 0.15) is 157 Å². The van der Waals surface area contributed by atoms with Gasteiger partial charge in [0.05, 0.1) is 19.6 Å². The van der Waals surface area contributed by atoms with Crippen LogP contribution in [0.25, 0.3) is 0 Å². The number of hydrogen-bond donors (Lipinski definition) is 3. The number of fused-ring (bicyclic) bond motifs is 7. The summed E-state index contributed by atoms with van der Waals surface area (Å²) >= 11 is 0. The third kappa shape index (κ3) is 9.65. The van der Waals surface area contributed by atoms with Crippen LogP contribution in [-0.2, 0) is 43.9 Å². The Balaban J connectivity index is 0.915. The number of nitrogens with one attached hydrogen (secondary N) is 3. The quantitative estimate of drug-likeness (QED) is 0.0800. The lowest BCUT2D eigenvalue weighted by Crippen LogP contribution is -2.66. The van der Waals surface area contributed by atoms with Gasteiger partial charge in [-0.3, -0.25) is 23.7 Å². The Morgan fingerprint density at radius 1 is 0.809 bits per heavy atom. The Hall–Kier alpha value is -3.86. The van der Waals surface area contributed by atoms with Gasteiger partial charge in [0.2, 0.25) is 11.8 Å². The van der Waals surface area contributed by atoms with Crippen molar-refractivity contribution < 1.29 is 41.9 Å². The molecule has 0 heterocycles. The second-order valence-electron chi connectivity index (χ2n) is 22.9. The molecule has 5 aliphatic carbocycles. The molecule has 0 aromatic heterocycles. The summed E-state index contributed by atoms with van der Waals surface area (Å²) in [5.41, 5.74) is 1.97. The van der Waals surface area contributed by atoms with E-state index in [0.717, 1.165) is 69.8 Å². The minimum atomic E-state index is -3.68. The molecule has 7 rings (SSSR count). The van der Waals surface area contributed by atoms with Crippen molar-refractivity contribution in [3.8, 4) is 0 Å². The van der Waals surface area contributed by atoms with E-state index >= 15 is 0 Å². The van der Waals surface area contributed by atoms with Gasteiger partial charge in [0.25, 0.3) is 0 Å². The smallest absolute Gasteiger partial charge is 0.357 e. The highest BCUT2D eigenvalue weighted by Gasteiger charge is 2.70. The van der Waals surface area contributed by atoms with Crippen molar-refractivity contribution in [2.45, 2.75) is 158 Å². The molecule has 11 nitrogen and oxygen atoms in total. The van der Waals surface area contributed by atoms with Gasteiger partial charge in [-0.15, -0.1) is 0 Å². The van der Waals surface area contributed by atoms with E-state index in [1.165, 1.54) is 24.6 Å². The average molecular weight is 960 g/mol. The third-order valence-electron chi connectivity index (χ3n) is 18.3. The molecule has 13 heteroatoms. The normalized spacial score (nSPS) is 33.3. The van der Waals surface area contributed by atoms with Gasteiger partial charge in [-0.05, 0) is 159 Å². The number of benzene rings is 2. The van der Waals surface area contributed by atoms with Gasteiger partial charge in [0.15, 0.2) is 11.6 Å². The van der Waals surface area contributed by atoms with Crippen LogP contribution in [0, 0.1) is 56.1 Å². The second kappa shape index (κ2) is 19.7. The molecule has 4 fully saturated rings. The highest BCUT2D eigenvalue weighted by atomic mass is 31.2. The standard InChI is InChI=1S/C55H79FN3O8P/c1-11-65-68(64,66-12-2)48(38-17-19-39(56)20-18-38)59-40-21-15-37(16-22-40)33-46(62)57-31-13-14-32-58-49(63)52(7)28-27-51(6)29-30-54(9)41(42(51)35-52)34-43(61)47-53(8)25-24-45(67-36(3)60)50(4,5)44(53)23-26-55(47,54)10/h15-22,34,42,44-45,47-48,59H,11-14,23-33,35H2,1-10H3,(H,57,62)(H,58,63)/t42-,44-,45-,47+,48?,51+,52-,53-,54+,55+/m0/s1. The molecule has 0 bridgehead atoms. The molecule has 0 aliphatic heterocycles. The van der Waals surface area contributed by atoms with Crippen molar-refractivity contribution in [1.29, 1.82) is 0 Å². The van der Waals surface area contributed by atoms with Crippen LogP contribution < -0.4 is 16.0 Å². The fourth-order valence-corrected chi connectivity index (χ4v) is 16.3. The van der Waals surface area contributed by atoms with E-state index in [0.29, 0.717) is 30.8 Å². The number of hydrogen-bond acceptors (Lipinski definition) is 9. The Kier molecular flexibility index (Phi) is 15.1. The molecule has 2 amide bonds. The molecule has 3 N–H and O–H groups in total. The monoisotopic (exact) mass is 960 g/mol. The van der Waals surface area contributed by atoms with Gasteiger partial charge in [0, 0.05) is 42.4 Å². The van der Waals surface area contributed by atoms with Gasteiger partial charge in [-0.2, -0.15) is 0 Å². The highest BCUT2D eigenvalue weighted by Crippen LogP contribution is 2.75. The van der Waals surface area contributed by atoms with E-state index in [-0.39, 0.29) is 94.1 Å². The summed E-state index contributed by atoms with van der Waals surface area (Å²) in [6.07, 6.45) is 11.8. The summed E-state index contributed by atoms with van der Waals surface area (Å²) in [6.45, 7) is 22.5. The van der Waals surface area contributed by atoms with Crippen LogP contribution in [0.4, 0.5) is 10.1 Å². The van der Waals surface area contributed by atoms with E-state index in [1.807, 2.05) is 12.1 Å². The lowest BCUT2D eigenvalue weighted by molar-refractivity contribution is -0.210. The van der Waals surface area contributed by atoms with Crippen molar-refractivity contribution in [3.63, 3.8) is 0 Å². The van der Waals surface area contributed by atoms with Crippen molar-refractivity contribution in [1.82, 2.24) is 10.6 Å². The van der Waals surface area contributed by atoms with E-state index < -0.39 is 24.6 Å². The molecule has 0 saturated heterocycles. The number of amides is 2. The summed E-state index contributed by atoms with van der Waals surface area (Å²) in [5.74, 6) is -0.984. The van der Waals surface area contributed by atoms with Crippen LogP contribution in [0.5, 0.6) is 0 Å². The molecule has 1 unspecified atom stereocenters. The van der Waals surface area contributed by atoms with Gasteiger partial charge in [0.1, 0.15) is 11.9 Å². The first kappa shape index (κ1) is 52.0. The Bertz CT molecular complexity index is 2280. The number of esters is 1. The number of carbonyl (C=O) groups is 4. The zero-order chi connectivity index (χ0) is 49.5. The average Bonchev–Trinajstić information content (AvgIpc) is 3.27. The Morgan fingerprint density at radius 3 is 2.07 bits per heavy atom. The van der Waals surface area contributed by atoms with E-state index in [4.69, 9.17) is 13.8 Å². The zero-order valence-electron chi connectivity index (χ0n) is 42.5. The molecule has 0 spiro atoms. The lowest BCUT2D eigenvalue weighted by atomic mass is 9.33. The predicted molar refractivity (Wildman–Crippen MR) is 264 cm³/mol. The zero-order valence-corrected chi connectivity index (χ0v) is 43.4. The number of ether oxygens (including phenoxy) is 1. The van der Waals surface area contributed by atoms with Crippen molar-refractivity contribution in [2.75, 3.05) is 31.6 Å². The first-order valence-electron chi connectivity index (χ1n) is 25.5. The molecule has 5 aliphatic rings. The Labute approximate surface area is 405 Å². The SMILES string of the molecule is CCOP(=O)(OCC)C(Nc1ccc(CC(=O)NCCCCNC(=O)[C@@]2(C)CC[C@]3(C)CC[C@]4(C)C(=CC(=O)[C@@H]5[C@@]6(C)CC[C@H](OC(C)=O)C(C)(C)[C@@H]6CC[C@]54C)[C@@H]3C2)cc1)c1ccc(F)cc1. The Morgan fingerprint density at radius 2 is 1.44 bits per heavy atom. The van der Waals surface area contributed by atoms with Crippen LogP contribution >= 0.6 is 7.60 Å². The number of carbonyl (C=O) groups excluding carboxylic acids is 4. The summed E-state index contributed by atoms with van der Waals surface area (Å²) < 4.78 is 44.8. The van der Waals surface area contributed by atoms with Crippen molar-refractivity contribution in [3.05, 3.63) is 77.1 Å². The summed E-state index contributed by atoms with van der Waals surface area (Å²) in [7, 11) is -3.68. The van der Waals surface area contributed by atoms with Crippen LogP contribution in [0.15, 0.2) is 60.2 Å². The number of rotatable bonds is 17. The number of ketones is 1. The lowest BCUT2D eigenvalue weighted by Gasteiger charge is -2.70. The number of anilines is 1. The minimum absolute atomic E-state index is 0.0321. The largest absolute Gasteiger partial charge is 0.462 e. The van der Waals surface area contributed by atoms with Gasteiger partial charge < -0.3 is 29.7 Å². The topological polar surface area (TPSA) is 149 Å². The summed E-state index contributed by atoms with van der Waals surface area (Å²) in [6, 6.07) is 13.0. The van der Waals surface area contributed by atoms with Crippen LogP contribution in [-0.4, -0.2) is 56.0 Å². The second-order valence-corrected chi connectivity index (χ2v) is 25.0. The van der Waals surface area contributed by atoms with Gasteiger partial charge in [-0.25, -0.2) is 4.39 Å². The molecule has 10 atom stereocenters. The fraction of sp³-hybridized carbons (Fsp3) is 0.673. The molecular weight excluding hydrogens is 881 g/mol. The molecule has 68 heavy (non-hydrogen) atoms. The van der Waals surface area contributed by atoms with Crippen LogP contribution in [0.3, 0.4) is 0 Å². The summed E-state index contributed by atoms with van der Waals surface area (Å²) in [4.78, 5) is 54.0. The first-order chi connectivity index (χ1) is 32.0. The molecular formula is C55H79FN3O8P. The number of unbranched alkanes of at least 4 members (excludes halogenated alkanes) is 1.